The van der Waals surface area contributed by atoms with Gasteiger partial charge in [0.05, 0.1) is 12.2 Å². The number of benzene rings is 1. The van der Waals surface area contributed by atoms with E-state index < -0.39 is 29.9 Å². The van der Waals surface area contributed by atoms with Gasteiger partial charge in [0.25, 0.3) is 0 Å². The van der Waals surface area contributed by atoms with Gasteiger partial charge in [0.2, 0.25) is 0 Å². The van der Waals surface area contributed by atoms with Crippen LogP contribution in [0.3, 0.4) is 0 Å². The first-order valence-electron chi connectivity index (χ1n) is 6.18. The molecule has 19 heavy (non-hydrogen) atoms. The summed E-state index contributed by atoms with van der Waals surface area (Å²) in [6.45, 7) is 0.654. The maximum Gasteiger partial charge on any atom is 0.129 e. The van der Waals surface area contributed by atoms with Gasteiger partial charge in [-0.3, -0.25) is 4.90 Å². The van der Waals surface area contributed by atoms with Crippen LogP contribution in [0, 0.1) is 11.6 Å². The first-order valence-corrected chi connectivity index (χ1v) is 6.18. The zero-order chi connectivity index (χ0) is 14.0. The van der Waals surface area contributed by atoms with Crippen LogP contribution in [-0.2, 0) is 6.42 Å². The zero-order valence-electron chi connectivity index (χ0n) is 10.3. The first kappa shape index (κ1) is 14.3. The van der Waals surface area contributed by atoms with E-state index in [0.29, 0.717) is 6.54 Å². The van der Waals surface area contributed by atoms with Gasteiger partial charge in [0.15, 0.2) is 0 Å². The molecule has 0 bridgehead atoms. The van der Waals surface area contributed by atoms with Gasteiger partial charge in [-0.1, -0.05) is 6.07 Å². The number of rotatable bonds is 3. The molecule has 3 atom stereocenters. The van der Waals surface area contributed by atoms with E-state index in [2.05, 4.69) is 0 Å². The van der Waals surface area contributed by atoms with Crippen LogP contribution in [0.15, 0.2) is 18.2 Å². The molecular formula is C13H17F2NO3. The van der Waals surface area contributed by atoms with Gasteiger partial charge in [-0.05, 0) is 18.6 Å². The third-order valence-electron chi connectivity index (χ3n) is 3.42. The Bertz CT molecular complexity index is 412. The Hall–Kier alpha value is -1.08. The van der Waals surface area contributed by atoms with Gasteiger partial charge in [0, 0.05) is 25.2 Å². The first-order chi connectivity index (χ1) is 8.99. The van der Waals surface area contributed by atoms with Crippen molar-refractivity contribution in [2.24, 2.45) is 0 Å². The van der Waals surface area contributed by atoms with E-state index >= 15 is 0 Å². The van der Waals surface area contributed by atoms with Crippen LogP contribution >= 0.6 is 0 Å². The summed E-state index contributed by atoms with van der Waals surface area (Å²) in [5.41, 5.74) is -0.00222. The second kappa shape index (κ2) is 5.92. The number of hydrogen-bond acceptors (Lipinski definition) is 4. The maximum absolute atomic E-state index is 13.4. The van der Waals surface area contributed by atoms with Gasteiger partial charge in [-0.15, -0.1) is 0 Å². The maximum atomic E-state index is 13.4. The van der Waals surface area contributed by atoms with Gasteiger partial charge < -0.3 is 15.3 Å². The summed E-state index contributed by atoms with van der Waals surface area (Å²) in [6.07, 6.45) is -3.11. The van der Waals surface area contributed by atoms with Crippen molar-refractivity contribution in [1.82, 2.24) is 4.90 Å². The quantitative estimate of drug-likeness (QED) is 0.720. The molecule has 1 aromatic rings. The SMILES string of the molecule is O[C@H]1[C@H](O)CN(CCc2c(F)cccc2F)C[C@@H]1O. The molecule has 0 unspecified atom stereocenters. The van der Waals surface area contributed by atoms with Gasteiger partial charge in [-0.2, -0.15) is 0 Å². The van der Waals surface area contributed by atoms with Gasteiger partial charge in [-0.25, -0.2) is 8.78 Å². The molecule has 1 aromatic carbocycles. The lowest BCUT2D eigenvalue weighted by Crippen LogP contribution is -2.55. The molecule has 2 rings (SSSR count). The van der Waals surface area contributed by atoms with Crippen molar-refractivity contribution < 1.29 is 24.1 Å². The molecule has 1 saturated heterocycles. The average Bonchev–Trinajstić information content (AvgIpc) is 2.35. The fraction of sp³-hybridized carbons (Fsp3) is 0.538. The van der Waals surface area contributed by atoms with Gasteiger partial charge in [0.1, 0.15) is 17.7 Å². The number of piperidine rings is 1. The summed E-state index contributed by atoms with van der Waals surface area (Å²) >= 11 is 0. The molecular weight excluding hydrogens is 256 g/mol. The Morgan fingerprint density at radius 1 is 1.05 bits per heavy atom. The van der Waals surface area contributed by atoms with E-state index in [4.69, 9.17) is 0 Å². The number of aliphatic hydroxyl groups excluding tert-OH is 3. The van der Waals surface area contributed by atoms with Gasteiger partial charge >= 0.3 is 0 Å². The molecule has 106 valence electrons. The summed E-state index contributed by atoms with van der Waals surface area (Å²) < 4.78 is 26.8. The highest BCUT2D eigenvalue weighted by Gasteiger charge is 2.33. The monoisotopic (exact) mass is 273 g/mol. The standard InChI is InChI=1S/C13H17F2NO3/c14-9-2-1-3-10(15)8(9)4-5-16-6-11(17)13(19)12(18)7-16/h1-3,11-13,17-19H,4-7H2/t11-,12+,13+. The summed E-state index contributed by atoms with van der Waals surface area (Å²) in [5, 5.41) is 28.4. The molecule has 0 amide bonds. The van der Waals surface area contributed by atoms with Crippen molar-refractivity contribution in [2.75, 3.05) is 19.6 Å². The molecule has 3 N–H and O–H groups in total. The second-order valence-corrected chi connectivity index (χ2v) is 4.84. The molecule has 1 aliphatic heterocycles. The molecule has 0 aliphatic carbocycles. The minimum atomic E-state index is -1.17. The normalized spacial score (nSPS) is 28.6. The molecule has 0 spiro atoms. The second-order valence-electron chi connectivity index (χ2n) is 4.84. The van der Waals surface area contributed by atoms with E-state index in [-0.39, 0.29) is 25.1 Å². The molecule has 0 radical (unpaired) electrons. The summed E-state index contributed by atoms with van der Waals surface area (Å²) in [4.78, 5) is 1.67. The number of β-amino-alcohol motifs (C(OH)–C–C–N with tert-alkyl or cyclic N) is 2. The lowest BCUT2D eigenvalue weighted by molar-refractivity contribution is -0.109. The summed E-state index contributed by atoms with van der Waals surface area (Å²) in [7, 11) is 0. The van der Waals surface area contributed by atoms with E-state index in [1.54, 1.807) is 4.90 Å². The van der Waals surface area contributed by atoms with Crippen molar-refractivity contribution in [3.8, 4) is 0 Å². The Morgan fingerprint density at radius 3 is 2.11 bits per heavy atom. The number of hydrogen-bond donors (Lipinski definition) is 3. The number of nitrogens with zero attached hydrogens (tertiary/aromatic N) is 1. The third kappa shape index (κ3) is 3.27. The molecule has 1 aliphatic rings. The molecule has 1 heterocycles. The smallest absolute Gasteiger partial charge is 0.129 e. The fourth-order valence-electron chi connectivity index (χ4n) is 2.30. The highest BCUT2D eigenvalue weighted by molar-refractivity contribution is 5.20. The van der Waals surface area contributed by atoms with E-state index in [1.807, 2.05) is 0 Å². The van der Waals surface area contributed by atoms with Crippen molar-refractivity contribution in [3.05, 3.63) is 35.4 Å². The highest BCUT2D eigenvalue weighted by Crippen LogP contribution is 2.16. The molecule has 1 fully saturated rings. The number of halogens is 2. The Labute approximate surface area is 109 Å². The molecule has 0 saturated carbocycles. The lowest BCUT2D eigenvalue weighted by Gasteiger charge is -2.36. The van der Waals surface area contributed by atoms with Crippen molar-refractivity contribution in [3.63, 3.8) is 0 Å². The predicted molar refractivity (Wildman–Crippen MR) is 64.5 cm³/mol. The van der Waals surface area contributed by atoms with Crippen LogP contribution in [-0.4, -0.2) is 58.2 Å². The minimum Gasteiger partial charge on any atom is -0.389 e. The van der Waals surface area contributed by atoms with Crippen LogP contribution in [0.5, 0.6) is 0 Å². The van der Waals surface area contributed by atoms with Crippen LogP contribution in [0.1, 0.15) is 5.56 Å². The summed E-state index contributed by atoms with van der Waals surface area (Å²) in [6, 6.07) is 3.70. The summed E-state index contributed by atoms with van der Waals surface area (Å²) in [5.74, 6) is -1.20. The molecule has 0 aromatic heterocycles. The number of likely N-dealkylation sites (tertiary alicyclic amines) is 1. The average molecular weight is 273 g/mol. The Balaban J connectivity index is 1.96. The predicted octanol–water partition coefficient (Wildman–Crippen LogP) is -0.0944. The minimum absolute atomic E-state index is 0.00222. The number of aliphatic hydroxyl groups is 3. The van der Waals surface area contributed by atoms with Crippen LogP contribution in [0.25, 0.3) is 0 Å². The van der Waals surface area contributed by atoms with E-state index in [9.17, 15) is 24.1 Å². The zero-order valence-corrected chi connectivity index (χ0v) is 10.3. The Morgan fingerprint density at radius 2 is 1.58 bits per heavy atom. The van der Waals surface area contributed by atoms with Crippen molar-refractivity contribution in [1.29, 1.82) is 0 Å². The van der Waals surface area contributed by atoms with Crippen LogP contribution in [0.4, 0.5) is 8.78 Å². The van der Waals surface area contributed by atoms with Crippen LogP contribution in [0.2, 0.25) is 0 Å². The fourth-order valence-corrected chi connectivity index (χ4v) is 2.30. The van der Waals surface area contributed by atoms with Crippen LogP contribution < -0.4 is 0 Å². The highest BCUT2D eigenvalue weighted by atomic mass is 19.1. The topological polar surface area (TPSA) is 63.9 Å². The van der Waals surface area contributed by atoms with E-state index in [0.717, 1.165) is 0 Å². The molecule has 6 heteroatoms. The largest absolute Gasteiger partial charge is 0.389 e. The van der Waals surface area contributed by atoms with Crippen molar-refractivity contribution in [2.45, 2.75) is 24.7 Å². The van der Waals surface area contributed by atoms with Crippen molar-refractivity contribution >= 4 is 0 Å². The molecule has 4 nitrogen and oxygen atoms in total. The lowest BCUT2D eigenvalue weighted by atomic mass is 10.0. The Kier molecular flexibility index (Phi) is 4.46. The third-order valence-corrected chi connectivity index (χ3v) is 3.42. The van der Waals surface area contributed by atoms with E-state index in [1.165, 1.54) is 18.2 Å².